The molecule has 0 aromatic carbocycles. The molecule has 0 aliphatic heterocycles. The minimum Gasteiger partial charge on any atom is -0.478 e. The quantitative estimate of drug-likeness (QED) is 0.840. The highest BCUT2D eigenvalue weighted by Crippen LogP contribution is 2.60. The number of rotatable bonds is 2. The molecule has 3 nitrogen and oxygen atoms in total. The Morgan fingerprint density at radius 2 is 1.67 bits per heavy atom. The smallest absolute Gasteiger partial charge is 0.337 e. The van der Waals surface area contributed by atoms with Crippen molar-refractivity contribution in [1.82, 2.24) is 4.98 Å². The average molecular weight is 245 g/mol. The monoisotopic (exact) mass is 245 g/mol. The summed E-state index contributed by atoms with van der Waals surface area (Å²) in [6, 6.07) is 0. The molecule has 1 heterocycles. The molecule has 0 amide bonds. The van der Waals surface area contributed by atoms with Gasteiger partial charge in [-0.05, 0) is 67.3 Å². The van der Waals surface area contributed by atoms with E-state index < -0.39 is 5.97 Å². The van der Waals surface area contributed by atoms with Crippen molar-refractivity contribution in [2.24, 2.45) is 23.7 Å². The van der Waals surface area contributed by atoms with E-state index >= 15 is 0 Å². The molecule has 18 heavy (non-hydrogen) atoms. The first-order valence-corrected chi connectivity index (χ1v) is 7.12. The first-order chi connectivity index (χ1) is 8.72. The van der Waals surface area contributed by atoms with E-state index in [1.165, 1.54) is 32.1 Å². The van der Waals surface area contributed by atoms with Crippen LogP contribution in [0.3, 0.4) is 0 Å². The maximum absolute atomic E-state index is 11.3. The fraction of sp³-hybridized carbons (Fsp3) is 0.667. The fourth-order valence-corrected chi connectivity index (χ4v) is 5.27. The molecule has 4 aliphatic rings. The normalized spacial score (nSPS) is 41.2. The van der Waals surface area contributed by atoms with E-state index in [-0.39, 0.29) is 0 Å². The van der Waals surface area contributed by atoms with E-state index in [2.05, 4.69) is 4.98 Å². The maximum Gasteiger partial charge on any atom is 0.337 e. The number of nitrogens with one attached hydrogen (secondary N) is 1. The molecule has 5 rings (SSSR count). The van der Waals surface area contributed by atoms with Crippen LogP contribution in [0.15, 0.2) is 12.4 Å². The third-order valence-electron chi connectivity index (χ3n) is 5.59. The topological polar surface area (TPSA) is 53.1 Å². The molecule has 0 spiro atoms. The molecule has 4 saturated carbocycles. The second-order valence-corrected chi connectivity index (χ2v) is 6.59. The standard InChI is InChI=1S/C15H19NO2/c17-15(18)13-7-16-6-12(13)14-10-2-8-1-9(4-10)5-11(14)3-8/h6-11,14,16H,1-5H2,(H,17,18). The van der Waals surface area contributed by atoms with E-state index in [4.69, 9.17) is 0 Å². The lowest BCUT2D eigenvalue weighted by Gasteiger charge is -2.54. The zero-order valence-electron chi connectivity index (χ0n) is 10.4. The molecular formula is C15H19NO2. The summed E-state index contributed by atoms with van der Waals surface area (Å²) in [5.41, 5.74) is 1.59. The van der Waals surface area contributed by atoms with E-state index in [0.717, 1.165) is 29.2 Å². The Morgan fingerprint density at radius 1 is 1.06 bits per heavy atom. The molecule has 1 aromatic rings. The Hall–Kier alpha value is -1.25. The molecule has 4 fully saturated rings. The molecule has 4 aliphatic carbocycles. The van der Waals surface area contributed by atoms with Crippen molar-refractivity contribution in [2.75, 3.05) is 0 Å². The minimum atomic E-state index is -0.778. The fourth-order valence-electron chi connectivity index (χ4n) is 5.27. The first-order valence-electron chi connectivity index (χ1n) is 7.12. The lowest BCUT2D eigenvalue weighted by Crippen LogP contribution is -2.44. The second-order valence-electron chi connectivity index (χ2n) is 6.59. The maximum atomic E-state index is 11.3. The van der Waals surface area contributed by atoms with Gasteiger partial charge in [0.2, 0.25) is 0 Å². The summed E-state index contributed by atoms with van der Waals surface area (Å²) < 4.78 is 0. The molecule has 0 radical (unpaired) electrons. The van der Waals surface area contributed by atoms with E-state index in [0.29, 0.717) is 11.5 Å². The van der Waals surface area contributed by atoms with Gasteiger partial charge < -0.3 is 10.1 Å². The summed E-state index contributed by atoms with van der Waals surface area (Å²) in [7, 11) is 0. The van der Waals surface area contributed by atoms with Crippen LogP contribution in [-0.4, -0.2) is 16.1 Å². The van der Waals surface area contributed by atoms with Crippen LogP contribution in [-0.2, 0) is 0 Å². The van der Waals surface area contributed by atoms with Crippen molar-refractivity contribution in [3.05, 3.63) is 23.5 Å². The van der Waals surface area contributed by atoms with Crippen LogP contribution < -0.4 is 0 Å². The summed E-state index contributed by atoms with van der Waals surface area (Å²) >= 11 is 0. The van der Waals surface area contributed by atoms with E-state index in [1.54, 1.807) is 6.20 Å². The van der Waals surface area contributed by atoms with Crippen LogP contribution in [0.1, 0.15) is 53.9 Å². The number of aromatic carboxylic acids is 1. The van der Waals surface area contributed by atoms with E-state index in [9.17, 15) is 9.90 Å². The van der Waals surface area contributed by atoms with Crippen molar-refractivity contribution in [3.8, 4) is 0 Å². The van der Waals surface area contributed by atoms with Gasteiger partial charge in [0, 0.05) is 12.4 Å². The lowest BCUT2D eigenvalue weighted by atomic mass is 9.50. The molecule has 0 saturated heterocycles. The third-order valence-corrected chi connectivity index (χ3v) is 5.59. The van der Waals surface area contributed by atoms with Crippen LogP contribution in [0.25, 0.3) is 0 Å². The van der Waals surface area contributed by atoms with Gasteiger partial charge >= 0.3 is 5.97 Å². The number of carboxylic acids is 1. The molecule has 1 aromatic heterocycles. The summed E-state index contributed by atoms with van der Waals surface area (Å²) in [6.07, 6.45) is 10.4. The van der Waals surface area contributed by atoms with Crippen molar-refractivity contribution in [1.29, 1.82) is 0 Å². The van der Waals surface area contributed by atoms with Crippen molar-refractivity contribution >= 4 is 5.97 Å². The van der Waals surface area contributed by atoms with Gasteiger partial charge in [-0.25, -0.2) is 4.79 Å². The highest BCUT2D eigenvalue weighted by molar-refractivity contribution is 5.89. The Kier molecular flexibility index (Phi) is 2.14. The Morgan fingerprint density at radius 3 is 2.22 bits per heavy atom. The number of hydrogen-bond donors (Lipinski definition) is 2. The zero-order chi connectivity index (χ0) is 12.3. The Labute approximate surface area is 107 Å². The Bertz CT molecular complexity index is 462. The summed E-state index contributed by atoms with van der Waals surface area (Å²) in [5.74, 6) is 3.10. The van der Waals surface area contributed by atoms with Gasteiger partial charge in [-0.15, -0.1) is 0 Å². The van der Waals surface area contributed by atoms with Gasteiger partial charge in [0.05, 0.1) is 5.56 Å². The predicted octanol–water partition coefficient (Wildman–Crippen LogP) is 3.25. The van der Waals surface area contributed by atoms with Gasteiger partial charge in [-0.1, -0.05) is 0 Å². The number of aromatic nitrogens is 1. The third kappa shape index (κ3) is 1.39. The van der Waals surface area contributed by atoms with Crippen molar-refractivity contribution in [3.63, 3.8) is 0 Å². The number of hydrogen-bond acceptors (Lipinski definition) is 1. The van der Waals surface area contributed by atoms with Crippen LogP contribution in [0, 0.1) is 23.7 Å². The Balaban J connectivity index is 1.72. The SMILES string of the molecule is O=C(O)c1c[nH]cc1C1C2CC3CC(C2)CC1C3. The van der Waals surface area contributed by atoms with Crippen LogP contribution in [0.4, 0.5) is 0 Å². The molecule has 0 unspecified atom stereocenters. The molecule has 96 valence electrons. The molecule has 3 heteroatoms. The molecule has 2 N–H and O–H groups in total. The van der Waals surface area contributed by atoms with Gasteiger partial charge in [0.15, 0.2) is 0 Å². The number of H-pyrrole nitrogens is 1. The molecule has 4 bridgehead atoms. The lowest BCUT2D eigenvalue weighted by molar-refractivity contribution is -0.00308. The summed E-state index contributed by atoms with van der Waals surface area (Å²) in [5, 5.41) is 9.29. The highest BCUT2D eigenvalue weighted by Gasteiger charge is 2.49. The predicted molar refractivity (Wildman–Crippen MR) is 67.5 cm³/mol. The van der Waals surface area contributed by atoms with Crippen molar-refractivity contribution < 1.29 is 9.90 Å². The highest BCUT2D eigenvalue weighted by atomic mass is 16.4. The van der Waals surface area contributed by atoms with Gasteiger partial charge in [0.1, 0.15) is 0 Å². The second kappa shape index (κ2) is 3.62. The molecule has 0 atom stereocenters. The number of carbonyl (C=O) groups is 1. The van der Waals surface area contributed by atoms with Crippen LogP contribution in [0.5, 0.6) is 0 Å². The largest absolute Gasteiger partial charge is 0.478 e. The van der Waals surface area contributed by atoms with Crippen LogP contribution in [0.2, 0.25) is 0 Å². The van der Waals surface area contributed by atoms with E-state index in [1.807, 2.05) is 6.20 Å². The number of aromatic amines is 1. The zero-order valence-corrected chi connectivity index (χ0v) is 10.4. The summed E-state index contributed by atoms with van der Waals surface area (Å²) in [4.78, 5) is 14.3. The van der Waals surface area contributed by atoms with Gasteiger partial charge in [0.25, 0.3) is 0 Å². The summed E-state index contributed by atoms with van der Waals surface area (Å²) in [6.45, 7) is 0. The van der Waals surface area contributed by atoms with Crippen molar-refractivity contribution in [2.45, 2.75) is 38.0 Å². The van der Waals surface area contributed by atoms with Crippen LogP contribution >= 0.6 is 0 Å². The number of carboxylic acid groups (broad SMARTS) is 1. The van der Waals surface area contributed by atoms with Gasteiger partial charge in [-0.2, -0.15) is 0 Å². The average Bonchev–Trinajstić information content (AvgIpc) is 2.76. The first kappa shape index (κ1) is 10.7. The van der Waals surface area contributed by atoms with Gasteiger partial charge in [-0.3, -0.25) is 0 Å². The molecular weight excluding hydrogens is 226 g/mol. The minimum absolute atomic E-state index is 0.507.